The highest BCUT2D eigenvalue weighted by molar-refractivity contribution is 9.10. The lowest BCUT2D eigenvalue weighted by atomic mass is 9.85. The Morgan fingerprint density at radius 3 is 2.55 bits per heavy atom. The van der Waals surface area contributed by atoms with Crippen LogP contribution in [0.15, 0.2) is 82.1 Å². The molecule has 5 aromatic rings. The Kier molecular flexibility index (Phi) is 5.27. The number of nitrogens with one attached hydrogen (secondary N) is 1. The van der Waals surface area contributed by atoms with Gasteiger partial charge in [0.25, 0.3) is 5.56 Å². The van der Waals surface area contributed by atoms with Gasteiger partial charge in [-0.15, -0.1) is 0 Å². The molecule has 5 nitrogen and oxygen atoms in total. The number of aromatic amines is 1. The summed E-state index contributed by atoms with van der Waals surface area (Å²) >= 11 is 3.54. The van der Waals surface area contributed by atoms with E-state index in [1.807, 2.05) is 72.8 Å². The van der Waals surface area contributed by atoms with Crippen LogP contribution in [0.3, 0.4) is 0 Å². The van der Waals surface area contributed by atoms with Crippen molar-refractivity contribution < 1.29 is 5.11 Å². The molecule has 0 aliphatic rings. The summed E-state index contributed by atoms with van der Waals surface area (Å²) in [5.74, 6) is -0.637. The molecular formula is C27H20BrN3O2. The second kappa shape index (κ2) is 8.27. The van der Waals surface area contributed by atoms with Gasteiger partial charge in [0.15, 0.2) is 0 Å². The van der Waals surface area contributed by atoms with Crippen LogP contribution < -0.4 is 5.56 Å². The van der Waals surface area contributed by atoms with Gasteiger partial charge in [-0.1, -0.05) is 58.4 Å². The number of nitriles is 1. The molecule has 1 atom stereocenters. The van der Waals surface area contributed by atoms with Crippen LogP contribution in [0.4, 0.5) is 0 Å². The minimum absolute atomic E-state index is 0.0414. The molecule has 0 fully saturated rings. The smallest absolute Gasteiger partial charge is 0.258 e. The SMILES string of the molecule is Cn1c(=O)c(C(c2cccc(Br)c2)c2[nH]c3ccccc3c2CC#N)c(O)c2ccccc21. The van der Waals surface area contributed by atoms with Gasteiger partial charge in [0.05, 0.1) is 29.5 Å². The van der Waals surface area contributed by atoms with Crippen molar-refractivity contribution in [3.05, 3.63) is 110 Å². The Hall–Kier alpha value is -3.82. The zero-order valence-corrected chi connectivity index (χ0v) is 19.4. The van der Waals surface area contributed by atoms with Crippen LogP contribution in [0.2, 0.25) is 0 Å². The van der Waals surface area contributed by atoms with E-state index in [1.54, 1.807) is 11.6 Å². The summed E-state index contributed by atoms with van der Waals surface area (Å²) in [5, 5.41) is 22.5. The van der Waals surface area contributed by atoms with Gasteiger partial charge in [0.2, 0.25) is 0 Å². The predicted molar refractivity (Wildman–Crippen MR) is 134 cm³/mol. The molecular weight excluding hydrogens is 478 g/mol. The van der Waals surface area contributed by atoms with Crippen molar-refractivity contribution in [2.45, 2.75) is 12.3 Å². The Balaban J connectivity index is 1.92. The van der Waals surface area contributed by atoms with Crippen molar-refractivity contribution >= 4 is 37.7 Å². The van der Waals surface area contributed by atoms with Crippen LogP contribution in [0.25, 0.3) is 21.8 Å². The molecule has 0 spiro atoms. The van der Waals surface area contributed by atoms with E-state index in [0.717, 1.165) is 32.2 Å². The Morgan fingerprint density at radius 2 is 1.79 bits per heavy atom. The number of rotatable bonds is 4. The van der Waals surface area contributed by atoms with Crippen molar-refractivity contribution in [1.82, 2.24) is 9.55 Å². The summed E-state index contributed by atoms with van der Waals surface area (Å²) in [5.41, 5.74) is 3.93. The average Bonchev–Trinajstić information content (AvgIpc) is 3.18. The maximum atomic E-state index is 13.7. The fraction of sp³-hybridized carbons (Fsp3) is 0.111. The highest BCUT2D eigenvalue weighted by Crippen LogP contribution is 2.41. The number of H-pyrrole nitrogens is 1. The largest absolute Gasteiger partial charge is 0.507 e. The van der Waals surface area contributed by atoms with E-state index in [4.69, 9.17) is 0 Å². The van der Waals surface area contributed by atoms with Crippen LogP contribution in [0.1, 0.15) is 28.3 Å². The summed E-state index contributed by atoms with van der Waals surface area (Å²) in [6.07, 6.45) is 0.179. The Bertz CT molecular complexity index is 1620. The molecule has 0 saturated carbocycles. The zero-order chi connectivity index (χ0) is 23.1. The predicted octanol–water partition coefficient (Wildman–Crippen LogP) is 5.73. The molecule has 2 N–H and O–H groups in total. The van der Waals surface area contributed by atoms with Gasteiger partial charge in [-0.2, -0.15) is 5.26 Å². The third-order valence-electron chi connectivity index (χ3n) is 6.17. The standard InChI is InChI=1S/C27H20BrN3O2/c1-31-22-12-5-3-10-20(22)26(32)24(27(31)33)23(16-7-6-8-17(28)15-16)25-19(13-14-29)18-9-2-4-11-21(18)30-25/h2-12,15,23,30,32H,13H2,1H3. The first-order valence-electron chi connectivity index (χ1n) is 10.5. The quantitative estimate of drug-likeness (QED) is 0.332. The summed E-state index contributed by atoms with van der Waals surface area (Å²) in [6.45, 7) is 0. The van der Waals surface area contributed by atoms with Gasteiger partial charge in [0, 0.05) is 33.5 Å². The molecule has 0 aliphatic carbocycles. The van der Waals surface area contributed by atoms with Crippen LogP contribution in [0, 0.1) is 11.3 Å². The second-order valence-electron chi connectivity index (χ2n) is 8.03. The maximum Gasteiger partial charge on any atom is 0.258 e. The first kappa shape index (κ1) is 21.0. The molecule has 2 heterocycles. The highest BCUT2D eigenvalue weighted by Gasteiger charge is 2.30. The number of hydrogen-bond acceptors (Lipinski definition) is 3. The molecule has 3 aromatic carbocycles. The first-order valence-corrected chi connectivity index (χ1v) is 11.3. The van der Waals surface area contributed by atoms with Crippen LogP contribution >= 0.6 is 15.9 Å². The van der Waals surface area contributed by atoms with E-state index >= 15 is 0 Å². The fourth-order valence-corrected chi connectivity index (χ4v) is 5.08. The summed E-state index contributed by atoms with van der Waals surface area (Å²) in [6, 6.07) is 25.1. The van der Waals surface area contributed by atoms with Crippen LogP contribution in [-0.4, -0.2) is 14.7 Å². The molecule has 0 amide bonds. The molecule has 162 valence electrons. The Labute approximate surface area is 198 Å². The summed E-state index contributed by atoms with van der Waals surface area (Å²) in [4.78, 5) is 17.1. The van der Waals surface area contributed by atoms with Crippen LogP contribution in [0.5, 0.6) is 5.75 Å². The third-order valence-corrected chi connectivity index (χ3v) is 6.67. The van der Waals surface area contributed by atoms with Gasteiger partial charge < -0.3 is 14.7 Å². The number of hydrogen-bond donors (Lipinski definition) is 2. The number of pyridine rings is 1. The van der Waals surface area contributed by atoms with Crippen molar-refractivity contribution in [2.75, 3.05) is 0 Å². The van der Waals surface area contributed by atoms with E-state index in [-0.39, 0.29) is 23.3 Å². The lowest BCUT2D eigenvalue weighted by Gasteiger charge is -2.21. The number of para-hydroxylation sites is 2. The molecule has 33 heavy (non-hydrogen) atoms. The molecule has 0 bridgehead atoms. The fourth-order valence-electron chi connectivity index (χ4n) is 4.66. The van der Waals surface area contributed by atoms with Gasteiger partial charge in [0.1, 0.15) is 5.75 Å². The number of aromatic hydroxyl groups is 1. The summed E-state index contributed by atoms with van der Waals surface area (Å²) in [7, 11) is 1.72. The number of aromatic nitrogens is 2. The van der Waals surface area contributed by atoms with Crippen LogP contribution in [-0.2, 0) is 13.5 Å². The van der Waals surface area contributed by atoms with E-state index in [1.165, 1.54) is 0 Å². The van der Waals surface area contributed by atoms with Crippen molar-refractivity contribution in [3.63, 3.8) is 0 Å². The summed E-state index contributed by atoms with van der Waals surface area (Å²) < 4.78 is 2.43. The number of fused-ring (bicyclic) bond motifs is 2. The minimum Gasteiger partial charge on any atom is -0.507 e. The van der Waals surface area contributed by atoms with Crippen molar-refractivity contribution in [1.29, 1.82) is 5.26 Å². The number of aryl methyl sites for hydroxylation is 1. The first-order chi connectivity index (χ1) is 16.0. The molecule has 0 radical (unpaired) electrons. The van der Waals surface area contributed by atoms with Gasteiger partial charge in [-0.05, 0) is 41.5 Å². The lowest BCUT2D eigenvalue weighted by molar-refractivity contribution is 0.470. The number of benzene rings is 3. The zero-order valence-electron chi connectivity index (χ0n) is 17.8. The number of halogens is 1. The second-order valence-corrected chi connectivity index (χ2v) is 8.94. The normalized spacial score (nSPS) is 12.2. The molecule has 5 rings (SSSR count). The van der Waals surface area contributed by atoms with E-state index in [0.29, 0.717) is 10.9 Å². The number of nitrogens with zero attached hydrogens (tertiary/aromatic N) is 2. The molecule has 2 aromatic heterocycles. The van der Waals surface area contributed by atoms with Crippen molar-refractivity contribution in [3.8, 4) is 11.8 Å². The minimum atomic E-state index is -0.596. The molecule has 1 unspecified atom stereocenters. The third kappa shape index (κ3) is 3.42. The van der Waals surface area contributed by atoms with E-state index in [9.17, 15) is 15.2 Å². The highest BCUT2D eigenvalue weighted by atomic mass is 79.9. The van der Waals surface area contributed by atoms with E-state index < -0.39 is 5.92 Å². The van der Waals surface area contributed by atoms with Gasteiger partial charge in [-0.3, -0.25) is 4.79 Å². The van der Waals surface area contributed by atoms with Gasteiger partial charge in [-0.25, -0.2) is 0 Å². The molecule has 6 heteroatoms. The molecule has 0 aliphatic heterocycles. The average molecular weight is 498 g/mol. The van der Waals surface area contributed by atoms with Gasteiger partial charge >= 0.3 is 0 Å². The topological polar surface area (TPSA) is 81.8 Å². The maximum absolute atomic E-state index is 13.7. The lowest BCUT2D eigenvalue weighted by Crippen LogP contribution is -2.25. The van der Waals surface area contributed by atoms with Crippen molar-refractivity contribution in [2.24, 2.45) is 7.05 Å². The van der Waals surface area contributed by atoms with E-state index in [2.05, 4.69) is 27.0 Å². The Morgan fingerprint density at radius 1 is 1.06 bits per heavy atom. The monoisotopic (exact) mass is 497 g/mol. The molecule has 0 saturated heterocycles.